The number of hydrogen-bond acceptors (Lipinski definition) is 4. The number of rotatable bonds is 4. The highest BCUT2D eigenvalue weighted by Gasteiger charge is 2.64. The zero-order valence-corrected chi connectivity index (χ0v) is 19.4. The number of carbonyl (C=O) groups is 1. The number of halogens is 2. The highest BCUT2D eigenvalue weighted by atomic mass is 127. The van der Waals surface area contributed by atoms with Crippen molar-refractivity contribution in [2.45, 2.75) is 33.1 Å². The molecule has 0 N–H and O–H groups in total. The molecule has 4 nitrogen and oxygen atoms in total. The third-order valence-corrected chi connectivity index (χ3v) is 9.85. The molecule has 2 aromatic carbocycles. The van der Waals surface area contributed by atoms with Crippen LogP contribution < -0.4 is 21.2 Å². The first kappa shape index (κ1) is 22.4. The number of Topliss-reactive ketones (excluding diaryl/α,β-unsaturated/α-hetero) is 1. The van der Waals surface area contributed by atoms with E-state index in [9.17, 15) is 22.2 Å². The molecule has 0 heterocycles. The van der Waals surface area contributed by atoms with Crippen molar-refractivity contribution in [2.24, 2.45) is 16.7 Å². The molecule has 2 aromatic rings. The monoisotopic (exact) mass is 530 g/mol. The molecule has 2 fully saturated rings. The molecule has 2 aliphatic carbocycles. The third kappa shape index (κ3) is 4.88. The van der Waals surface area contributed by atoms with Crippen molar-refractivity contribution in [1.82, 2.24) is 0 Å². The van der Waals surface area contributed by atoms with Crippen molar-refractivity contribution >= 4 is 15.9 Å². The normalized spacial score (nSPS) is 24.8. The summed E-state index contributed by atoms with van der Waals surface area (Å²) in [4.78, 5) is 11.8. The molecule has 0 aromatic heterocycles. The van der Waals surface area contributed by atoms with Crippen molar-refractivity contribution in [3.05, 3.63) is 67.6 Å². The summed E-state index contributed by atoms with van der Waals surface area (Å²) in [7, 11) is -4.33. The molecule has 2 saturated carbocycles. The summed E-state index contributed by atoms with van der Waals surface area (Å²) >= 11 is -0.151. The smallest absolute Gasteiger partial charge is 0.357 e. The summed E-state index contributed by atoms with van der Waals surface area (Å²) in [6.07, 6.45) is 1.88. The van der Waals surface area contributed by atoms with Gasteiger partial charge in [0.05, 0.1) is 15.9 Å². The maximum atomic E-state index is 12.6. The van der Waals surface area contributed by atoms with Crippen LogP contribution >= 0.6 is 0 Å². The molecule has 2 aliphatic rings. The molecule has 2 unspecified atom stereocenters. The van der Waals surface area contributed by atoms with Crippen molar-refractivity contribution < 1.29 is 43.4 Å². The van der Waals surface area contributed by atoms with Gasteiger partial charge >= 0.3 is 21.2 Å². The quantitative estimate of drug-likeness (QED) is 0.435. The first-order chi connectivity index (χ1) is 13.5. The molecule has 2 atom stereocenters. The molecular weight excluding hydrogens is 506 g/mol. The molecule has 0 aliphatic heterocycles. The second-order valence-electron chi connectivity index (χ2n) is 8.20. The minimum absolute atomic E-state index is 0.0248. The zero-order chi connectivity index (χ0) is 21.3. The van der Waals surface area contributed by atoms with Gasteiger partial charge in [0.15, 0.2) is 7.14 Å². The number of carbonyl (C=O) groups excluding carboxylic acids is 1. The van der Waals surface area contributed by atoms with Crippen molar-refractivity contribution in [1.29, 1.82) is 0 Å². The predicted molar refractivity (Wildman–Crippen MR) is 103 cm³/mol. The predicted octanol–water partition coefficient (Wildman–Crippen LogP) is 0.881. The van der Waals surface area contributed by atoms with E-state index in [4.69, 9.17) is 0 Å². The molecule has 29 heavy (non-hydrogen) atoms. The summed E-state index contributed by atoms with van der Waals surface area (Å²) in [5.74, 6) is -0.441. The van der Waals surface area contributed by atoms with Crippen molar-refractivity contribution in [3.8, 4) is 0 Å². The van der Waals surface area contributed by atoms with Gasteiger partial charge in [-0.05, 0) is 60.6 Å². The summed E-state index contributed by atoms with van der Waals surface area (Å²) in [6.45, 7) is 3.83. The van der Waals surface area contributed by atoms with E-state index in [1.807, 2.05) is 44.2 Å². The fourth-order valence-corrected chi connectivity index (χ4v) is 8.00. The summed E-state index contributed by atoms with van der Waals surface area (Å²) < 4.78 is 47.9. The van der Waals surface area contributed by atoms with E-state index in [0.29, 0.717) is 12.8 Å². The van der Waals surface area contributed by atoms with Crippen LogP contribution in [0.3, 0.4) is 0 Å². The fraction of sp³-hybridized carbons (Fsp3) is 0.409. The van der Waals surface area contributed by atoms with Gasteiger partial charge in [0, 0.05) is 11.8 Å². The number of hydrogen-bond donors (Lipinski definition) is 0. The Morgan fingerprint density at radius 2 is 1.66 bits per heavy atom. The van der Waals surface area contributed by atoms with E-state index < -0.39 is 21.3 Å². The van der Waals surface area contributed by atoms with Crippen LogP contribution in [0.25, 0.3) is 0 Å². The van der Waals surface area contributed by atoms with E-state index in [-0.39, 0.29) is 44.1 Å². The highest BCUT2D eigenvalue weighted by molar-refractivity contribution is 7.85. The van der Waals surface area contributed by atoms with Gasteiger partial charge in [0.1, 0.15) is 11.6 Å². The lowest BCUT2D eigenvalue weighted by Gasteiger charge is -2.37. The minimum atomic E-state index is -4.33. The SMILES string of the molecule is CC1(C)C2CCC1(CS(=O)(=O)[O-])C(=O)C2.Fc1ccc([I+]c2ccccc2)cc1. The maximum absolute atomic E-state index is 12.6. The van der Waals surface area contributed by atoms with E-state index in [0.717, 1.165) is 6.42 Å². The number of benzene rings is 2. The Hall–Kier alpha value is -1.32. The molecular formula is C22H24FIO4S. The van der Waals surface area contributed by atoms with Gasteiger partial charge in [0.2, 0.25) is 0 Å². The highest BCUT2D eigenvalue weighted by Crippen LogP contribution is 2.64. The lowest BCUT2D eigenvalue weighted by atomic mass is 9.70. The Kier molecular flexibility index (Phi) is 6.50. The van der Waals surface area contributed by atoms with Crippen LogP contribution in [-0.4, -0.2) is 24.5 Å². The lowest BCUT2D eigenvalue weighted by Crippen LogP contribution is -3.61. The Bertz CT molecular complexity index is 974. The molecule has 0 saturated heterocycles. The Balaban J connectivity index is 0.000000166. The molecule has 0 radical (unpaired) electrons. The molecule has 156 valence electrons. The minimum Gasteiger partial charge on any atom is -0.748 e. The number of fused-ring (bicyclic) bond motifs is 2. The van der Waals surface area contributed by atoms with Gasteiger partial charge in [-0.1, -0.05) is 32.0 Å². The van der Waals surface area contributed by atoms with Crippen molar-refractivity contribution in [2.75, 3.05) is 5.75 Å². The summed E-state index contributed by atoms with van der Waals surface area (Å²) in [6, 6.07) is 17.1. The van der Waals surface area contributed by atoms with E-state index >= 15 is 0 Å². The van der Waals surface area contributed by atoms with Crippen LogP contribution in [0.1, 0.15) is 33.1 Å². The first-order valence-corrected chi connectivity index (χ1v) is 13.2. The van der Waals surface area contributed by atoms with Gasteiger partial charge in [-0.2, -0.15) is 0 Å². The maximum Gasteiger partial charge on any atom is 0.357 e. The fourth-order valence-electron chi connectivity index (χ4n) is 4.51. The largest absolute Gasteiger partial charge is 0.748 e. The first-order valence-electron chi connectivity index (χ1n) is 9.46. The van der Waals surface area contributed by atoms with Gasteiger partial charge in [-0.3, -0.25) is 4.79 Å². The molecule has 4 rings (SSSR count). The molecule has 0 spiro atoms. The number of ketones is 1. The summed E-state index contributed by atoms with van der Waals surface area (Å²) in [5, 5.41) is 0. The average molecular weight is 530 g/mol. The van der Waals surface area contributed by atoms with E-state index in [1.165, 1.54) is 19.3 Å². The second kappa shape index (κ2) is 8.43. The third-order valence-electron chi connectivity index (χ3n) is 6.32. The van der Waals surface area contributed by atoms with E-state index in [1.54, 1.807) is 0 Å². The van der Waals surface area contributed by atoms with Crippen molar-refractivity contribution in [3.63, 3.8) is 0 Å². The van der Waals surface area contributed by atoms with Crippen LogP contribution in [0.2, 0.25) is 0 Å². The van der Waals surface area contributed by atoms with E-state index in [2.05, 4.69) is 12.1 Å². The Morgan fingerprint density at radius 1 is 1.07 bits per heavy atom. The van der Waals surface area contributed by atoms with Crippen LogP contribution in [-0.2, 0) is 14.9 Å². The van der Waals surface area contributed by atoms with Crippen LogP contribution in [0.4, 0.5) is 4.39 Å². The van der Waals surface area contributed by atoms with Gasteiger partial charge < -0.3 is 4.55 Å². The standard InChI is InChI=1S/C12H9FI.C10H16O4S/c13-10-6-8-12(9-7-10)14-11-4-2-1-3-5-11;1-9(2)7-3-4-10(9,8(11)5-7)6-15(12,13)14/h1-9H;7H,3-6H2,1-2H3,(H,12,13,14)/q+1;/p-1. The van der Waals surface area contributed by atoms with Gasteiger partial charge in [0.25, 0.3) is 0 Å². The molecule has 2 bridgehead atoms. The Morgan fingerprint density at radius 3 is 2.14 bits per heavy atom. The summed E-state index contributed by atoms with van der Waals surface area (Å²) in [5.41, 5.74) is -1.22. The van der Waals surface area contributed by atoms with Crippen LogP contribution in [0.15, 0.2) is 54.6 Å². The van der Waals surface area contributed by atoms with Gasteiger partial charge in [-0.15, -0.1) is 0 Å². The Labute approximate surface area is 181 Å². The molecule has 7 heteroatoms. The van der Waals surface area contributed by atoms with Crippen LogP contribution in [0.5, 0.6) is 0 Å². The van der Waals surface area contributed by atoms with Crippen LogP contribution in [0, 0.1) is 29.7 Å². The average Bonchev–Trinajstić information content (AvgIpc) is 2.98. The molecule has 0 amide bonds. The second-order valence-corrected chi connectivity index (χ2v) is 12.6. The topological polar surface area (TPSA) is 74.3 Å². The zero-order valence-electron chi connectivity index (χ0n) is 16.4. The lowest BCUT2D eigenvalue weighted by molar-refractivity contribution is -0.597. The van der Waals surface area contributed by atoms with Gasteiger partial charge in [-0.25, -0.2) is 12.8 Å².